The van der Waals surface area contributed by atoms with Crippen molar-refractivity contribution in [2.45, 2.75) is 27.7 Å². The highest BCUT2D eigenvalue weighted by Crippen LogP contribution is 2.50. The van der Waals surface area contributed by atoms with E-state index in [4.69, 9.17) is 0 Å². The van der Waals surface area contributed by atoms with Gasteiger partial charge in [-0.25, -0.2) is 0 Å². The maximum atomic E-state index is 2.44. The Balaban J connectivity index is 1.33. The van der Waals surface area contributed by atoms with Gasteiger partial charge in [-0.3, -0.25) is 0 Å². The first kappa shape index (κ1) is 33.2. The van der Waals surface area contributed by atoms with Crippen molar-refractivity contribution in [3.05, 3.63) is 204 Å². The second-order valence-corrected chi connectivity index (χ2v) is 14.5. The third-order valence-electron chi connectivity index (χ3n) is 10.7. The lowest BCUT2D eigenvalue weighted by Crippen LogP contribution is -2.12. The summed E-state index contributed by atoms with van der Waals surface area (Å²) in [6, 6.07) is 67.0. The highest BCUT2D eigenvalue weighted by molar-refractivity contribution is 6.25. The number of aryl methyl sites for hydroxylation is 4. The Kier molecular flexibility index (Phi) is 8.44. The molecule has 0 aliphatic heterocycles. The van der Waals surface area contributed by atoms with E-state index in [-0.39, 0.29) is 0 Å². The monoisotopic (exact) mass is 694 g/mol. The Morgan fingerprint density at radius 3 is 1.02 bits per heavy atom. The van der Waals surface area contributed by atoms with Crippen LogP contribution in [0.3, 0.4) is 0 Å². The first-order chi connectivity index (χ1) is 26.4. The zero-order valence-electron chi connectivity index (χ0n) is 31.2. The molecule has 0 amide bonds. The van der Waals surface area contributed by atoms with Crippen molar-refractivity contribution in [1.82, 2.24) is 0 Å². The molecule has 0 fully saturated rings. The van der Waals surface area contributed by atoms with Gasteiger partial charge in [-0.05, 0) is 110 Å². The summed E-state index contributed by atoms with van der Waals surface area (Å²) in [5.74, 6) is 0. The van der Waals surface area contributed by atoms with E-state index in [9.17, 15) is 0 Å². The van der Waals surface area contributed by atoms with E-state index in [2.05, 4.69) is 219 Å². The summed E-state index contributed by atoms with van der Waals surface area (Å²) >= 11 is 0. The first-order valence-electron chi connectivity index (χ1n) is 18.8. The van der Waals surface area contributed by atoms with E-state index in [0.717, 1.165) is 28.4 Å². The van der Waals surface area contributed by atoms with Gasteiger partial charge in [0, 0.05) is 38.9 Å². The van der Waals surface area contributed by atoms with Crippen molar-refractivity contribution < 1.29 is 0 Å². The molecule has 9 aromatic carbocycles. The van der Waals surface area contributed by atoms with Gasteiger partial charge in [-0.15, -0.1) is 0 Å². The van der Waals surface area contributed by atoms with Crippen LogP contribution in [0.25, 0.3) is 43.4 Å². The third kappa shape index (κ3) is 5.87. The fourth-order valence-corrected chi connectivity index (χ4v) is 7.94. The lowest BCUT2D eigenvalue weighted by atomic mass is 9.87. The van der Waals surface area contributed by atoms with E-state index in [1.165, 1.54) is 71.4 Å². The van der Waals surface area contributed by atoms with Crippen molar-refractivity contribution in [3.63, 3.8) is 0 Å². The topological polar surface area (TPSA) is 6.48 Å². The minimum absolute atomic E-state index is 1.13. The summed E-state index contributed by atoms with van der Waals surface area (Å²) in [4.78, 5) is 4.83. The van der Waals surface area contributed by atoms with Gasteiger partial charge in [0.15, 0.2) is 0 Å². The lowest BCUT2D eigenvalue weighted by molar-refractivity contribution is 1.28. The fraction of sp³-hybridized carbons (Fsp3) is 0.0769. The van der Waals surface area contributed by atoms with Gasteiger partial charge < -0.3 is 9.80 Å². The van der Waals surface area contributed by atoms with Crippen LogP contribution in [0.4, 0.5) is 34.1 Å². The lowest BCUT2D eigenvalue weighted by Gasteiger charge is -2.30. The molecule has 0 radical (unpaired) electrons. The summed E-state index contributed by atoms with van der Waals surface area (Å²) in [6.45, 7) is 8.59. The SMILES string of the molecule is Cc1ccc(N(c2ccc(C)cc2)c2ccc(-c3c4ccccc4c(N(c4ccc(C)cc4)c4ccc(C)cc4)c4ccccc34)c3ccccc23)cc1. The normalized spacial score (nSPS) is 11.3. The van der Waals surface area contributed by atoms with Crippen LogP contribution in [0.2, 0.25) is 0 Å². The maximum Gasteiger partial charge on any atom is 0.0618 e. The van der Waals surface area contributed by atoms with Crippen LogP contribution in [0.1, 0.15) is 22.3 Å². The van der Waals surface area contributed by atoms with Gasteiger partial charge in [0.1, 0.15) is 0 Å². The van der Waals surface area contributed by atoms with Crippen LogP contribution in [0, 0.1) is 27.7 Å². The molecule has 0 aliphatic rings. The smallest absolute Gasteiger partial charge is 0.0618 e. The van der Waals surface area contributed by atoms with E-state index < -0.39 is 0 Å². The van der Waals surface area contributed by atoms with Gasteiger partial charge in [0.05, 0.1) is 11.4 Å². The molecule has 0 heterocycles. The van der Waals surface area contributed by atoms with Crippen LogP contribution < -0.4 is 9.80 Å². The summed E-state index contributed by atoms with van der Waals surface area (Å²) in [7, 11) is 0. The molecule has 0 atom stereocenters. The predicted octanol–water partition coefficient (Wildman–Crippen LogP) is 15.0. The fourth-order valence-electron chi connectivity index (χ4n) is 7.94. The number of hydrogen-bond donors (Lipinski definition) is 0. The Morgan fingerprint density at radius 1 is 0.278 bits per heavy atom. The Hall–Kier alpha value is -6.64. The van der Waals surface area contributed by atoms with E-state index >= 15 is 0 Å². The minimum Gasteiger partial charge on any atom is -0.310 e. The molecule has 9 rings (SSSR count). The number of hydrogen-bond acceptors (Lipinski definition) is 2. The molecule has 0 aliphatic carbocycles. The molecule has 0 saturated heterocycles. The molecule has 0 aromatic heterocycles. The number of rotatable bonds is 7. The maximum absolute atomic E-state index is 2.44. The number of nitrogens with zero attached hydrogens (tertiary/aromatic N) is 2. The molecule has 2 nitrogen and oxygen atoms in total. The molecule has 0 saturated carbocycles. The quantitative estimate of drug-likeness (QED) is 0.153. The molecule has 0 bridgehead atoms. The van der Waals surface area contributed by atoms with Gasteiger partial charge in [0.25, 0.3) is 0 Å². The number of fused-ring (bicyclic) bond motifs is 3. The van der Waals surface area contributed by atoms with Crippen molar-refractivity contribution in [2.24, 2.45) is 0 Å². The zero-order chi connectivity index (χ0) is 36.8. The highest BCUT2D eigenvalue weighted by Gasteiger charge is 2.24. The summed E-state index contributed by atoms with van der Waals surface area (Å²) in [5.41, 5.74) is 14.3. The summed E-state index contributed by atoms with van der Waals surface area (Å²) in [6.07, 6.45) is 0. The molecular formula is C52H42N2. The second-order valence-electron chi connectivity index (χ2n) is 14.5. The summed E-state index contributed by atoms with van der Waals surface area (Å²) < 4.78 is 0. The Morgan fingerprint density at radius 2 is 0.611 bits per heavy atom. The van der Waals surface area contributed by atoms with Crippen LogP contribution in [0.5, 0.6) is 0 Å². The minimum atomic E-state index is 1.13. The number of anilines is 6. The van der Waals surface area contributed by atoms with Crippen molar-refractivity contribution >= 4 is 66.4 Å². The Bertz CT molecular complexity index is 2630. The summed E-state index contributed by atoms with van der Waals surface area (Å²) in [5, 5.41) is 7.29. The molecule has 2 heteroatoms. The molecule has 0 spiro atoms. The van der Waals surface area contributed by atoms with E-state index in [1.807, 2.05) is 0 Å². The molecule has 0 unspecified atom stereocenters. The second kappa shape index (κ2) is 13.7. The first-order valence-corrected chi connectivity index (χ1v) is 18.8. The van der Waals surface area contributed by atoms with Crippen LogP contribution in [0.15, 0.2) is 182 Å². The number of benzene rings is 9. The van der Waals surface area contributed by atoms with E-state index in [1.54, 1.807) is 0 Å². The molecule has 0 N–H and O–H groups in total. The standard InChI is InChI=1S/C52H42N2/c1-35-17-25-39(26-18-35)53(40-27-19-36(2)20-28-40)50-34-33-47(43-11-5-6-12-44(43)50)51-45-13-7-9-15-48(45)52(49-16-10-8-14-46(49)51)54(41-29-21-37(3)22-30-41)42-31-23-38(4)24-32-42/h5-34H,1-4H3. The molecule has 54 heavy (non-hydrogen) atoms. The van der Waals surface area contributed by atoms with Crippen LogP contribution >= 0.6 is 0 Å². The average molecular weight is 695 g/mol. The molecule has 260 valence electrons. The van der Waals surface area contributed by atoms with Gasteiger partial charge in [-0.2, -0.15) is 0 Å². The average Bonchev–Trinajstić information content (AvgIpc) is 3.21. The molecule has 9 aromatic rings. The van der Waals surface area contributed by atoms with Gasteiger partial charge in [-0.1, -0.05) is 150 Å². The van der Waals surface area contributed by atoms with Gasteiger partial charge in [0.2, 0.25) is 0 Å². The van der Waals surface area contributed by atoms with Crippen LogP contribution in [-0.4, -0.2) is 0 Å². The Labute approximate surface area is 318 Å². The van der Waals surface area contributed by atoms with Crippen molar-refractivity contribution in [2.75, 3.05) is 9.80 Å². The van der Waals surface area contributed by atoms with Crippen molar-refractivity contribution in [3.8, 4) is 11.1 Å². The van der Waals surface area contributed by atoms with Crippen molar-refractivity contribution in [1.29, 1.82) is 0 Å². The molecular weight excluding hydrogens is 653 g/mol. The predicted molar refractivity (Wildman–Crippen MR) is 233 cm³/mol. The van der Waals surface area contributed by atoms with E-state index in [0.29, 0.717) is 0 Å². The third-order valence-corrected chi connectivity index (χ3v) is 10.7. The zero-order valence-corrected chi connectivity index (χ0v) is 31.2. The highest BCUT2D eigenvalue weighted by atomic mass is 15.1. The largest absolute Gasteiger partial charge is 0.310 e. The van der Waals surface area contributed by atoms with Crippen LogP contribution in [-0.2, 0) is 0 Å². The van der Waals surface area contributed by atoms with Gasteiger partial charge >= 0.3 is 0 Å².